The molecule has 1 atom stereocenters. The molecule has 0 unspecified atom stereocenters. The molecule has 0 fully saturated rings. The van der Waals surface area contributed by atoms with Crippen LogP contribution in [0.2, 0.25) is 0 Å². The number of rotatable bonds is 3. The highest BCUT2D eigenvalue weighted by Gasteiger charge is 2.32. The molecule has 0 bridgehead atoms. The molecule has 2 aromatic heterocycles. The van der Waals surface area contributed by atoms with E-state index in [0.717, 1.165) is 17.7 Å². The van der Waals surface area contributed by atoms with E-state index in [2.05, 4.69) is 25.8 Å². The Kier molecular flexibility index (Phi) is 6.31. The minimum Gasteiger partial charge on any atom is -0.382 e. The molecule has 184 valence electrons. The van der Waals surface area contributed by atoms with E-state index >= 15 is 0 Å². The highest BCUT2D eigenvalue weighted by atomic mass is 32.1. The van der Waals surface area contributed by atoms with Crippen molar-refractivity contribution in [1.29, 1.82) is 0 Å². The molecule has 1 aliphatic heterocycles. The molecule has 11 heteroatoms. The fraction of sp³-hybridized carbons (Fsp3) is 0.200. The van der Waals surface area contributed by atoms with Crippen molar-refractivity contribution in [2.24, 2.45) is 0 Å². The summed E-state index contributed by atoms with van der Waals surface area (Å²) in [5.74, 6) is 0.334. The van der Waals surface area contributed by atoms with E-state index in [0.29, 0.717) is 45.9 Å². The van der Waals surface area contributed by atoms with Crippen LogP contribution in [0, 0.1) is 0 Å². The van der Waals surface area contributed by atoms with Gasteiger partial charge in [-0.1, -0.05) is 53.8 Å². The van der Waals surface area contributed by atoms with Crippen LogP contribution in [-0.4, -0.2) is 33.8 Å². The maximum absolute atomic E-state index is 13.4. The maximum atomic E-state index is 13.4. The molecule has 0 spiro atoms. The van der Waals surface area contributed by atoms with E-state index in [-0.39, 0.29) is 6.04 Å². The van der Waals surface area contributed by atoms with Gasteiger partial charge >= 0.3 is 12.2 Å². The number of hydrogen-bond donors (Lipinski definition) is 2. The Bertz CT molecular complexity index is 1390. The molecule has 3 heterocycles. The van der Waals surface area contributed by atoms with Gasteiger partial charge in [-0.3, -0.25) is 10.2 Å². The van der Waals surface area contributed by atoms with Crippen molar-refractivity contribution < 1.29 is 18.0 Å². The first-order valence-corrected chi connectivity index (χ1v) is 12.0. The molecule has 0 aliphatic carbocycles. The number of nitrogens with one attached hydrogen (secondary N) is 2. The number of carbonyl (C=O) groups is 1. The topological polar surface area (TPSA) is 83.0 Å². The molecule has 5 rings (SSSR count). The molecule has 36 heavy (non-hydrogen) atoms. The van der Waals surface area contributed by atoms with Crippen LogP contribution in [0.15, 0.2) is 66.7 Å². The summed E-state index contributed by atoms with van der Waals surface area (Å²) in [4.78, 5) is 19.5. The third-order valence-corrected chi connectivity index (χ3v) is 6.67. The summed E-state index contributed by atoms with van der Waals surface area (Å²) in [6.07, 6.45) is -3.82. The predicted octanol–water partition coefficient (Wildman–Crippen LogP) is 6.53. The molecule has 7 nitrogen and oxygen atoms in total. The molecule has 0 radical (unpaired) electrons. The predicted molar refractivity (Wildman–Crippen MR) is 134 cm³/mol. The molecule has 1 aliphatic rings. The third kappa shape index (κ3) is 4.87. The number of fused-ring (bicyclic) bond motifs is 1. The first-order chi connectivity index (χ1) is 17.3. The SMILES string of the molecule is C[C@@H]1CCNc2ccc(-c3cccc(C(F)(F)F)c3)nc2N1C(=O)Nc1nnc(-c2ccccc2)s1. The van der Waals surface area contributed by atoms with E-state index in [1.54, 1.807) is 18.2 Å². The Morgan fingerprint density at radius 3 is 2.61 bits per heavy atom. The first kappa shape index (κ1) is 23.7. The number of alkyl halides is 3. The van der Waals surface area contributed by atoms with Gasteiger partial charge in [0.15, 0.2) is 5.82 Å². The van der Waals surface area contributed by atoms with E-state index < -0.39 is 17.8 Å². The Morgan fingerprint density at radius 1 is 1.06 bits per heavy atom. The summed E-state index contributed by atoms with van der Waals surface area (Å²) >= 11 is 1.25. The second kappa shape index (κ2) is 9.57. The second-order valence-corrected chi connectivity index (χ2v) is 9.27. The van der Waals surface area contributed by atoms with Gasteiger partial charge in [-0.25, -0.2) is 9.78 Å². The smallest absolute Gasteiger partial charge is 0.382 e. The third-order valence-electron chi connectivity index (χ3n) is 5.79. The lowest BCUT2D eigenvalue weighted by Gasteiger charge is -2.27. The van der Waals surface area contributed by atoms with Gasteiger partial charge in [0.25, 0.3) is 0 Å². The van der Waals surface area contributed by atoms with Crippen molar-refractivity contribution in [3.05, 3.63) is 72.3 Å². The zero-order valence-electron chi connectivity index (χ0n) is 19.1. The van der Waals surface area contributed by atoms with Crippen LogP contribution in [0.1, 0.15) is 18.9 Å². The summed E-state index contributed by atoms with van der Waals surface area (Å²) < 4.78 is 39.7. The quantitative estimate of drug-likeness (QED) is 0.328. The average Bonchev–Trinajstić information content (AvgIpc) is 3.26. The number of carbonyl (C=O) groups excluding carboxylic acids is 1. The highest BCUT2D eigenvalue weighted by Crippen LogP contribution is 2.35. The summed E-state index contributed by atoms with van der Waals surface area (Å²) in [6.45, 7) is 2.50. The van der Waals surface area contributed by atoms with E-state index in [9.17, 15) is 18.0 Å². The molecule has 2 aromatic carbocycles. The van der Waals surface area contributed by atoms with Crippen molar-refractivity contribution in [2.75, 3.05) is 22.1 Å². The number of hydrogen-bond acceptors (Lipinski definition) is 6. The number of pyridine rings is 1. The van der Waals surface area contributed by atoms with Crippen LogP contribution in [-0.2, 0) is 6.18 Å². The van der Waals surface area contributed by atoms with Gasteiger partial charge in [-0.05, 0) is 37.6 Å². The maximum Gasteiger partial charge on any atom is 0.416 e. The monoisotopic (exact) mass is 510 g/mol. The van der Waals surface area contributed by atoms with Crippen molar-refractivity contribution in [1.82, 2.24) is 15.2 Å². The van der Waals surface area contributed by atoms with Crippen molar-refractivity contribution >= 4 is 34.0 Å². The van der Waals surface area contributed by atoms with Gasteiger partial charge in [-0.15, -0.1) is 10.2 Å². The zero-order chi connectivity index (χ0) is 25.3. The van der Waals surface area contributed by atoms with Crippen molar-refractivity contribution in [3.8, 4) is 21.8 Å². The van der Waals surface area contributed by atoms with E-state index in [1.165, 1.54) is 22.3 Å². The zero-order valence-corrected chi connectivity index (χ0v) is 19.9. The van der Waals surface area contributed by atoms with E-state index in [4.69, 9.17) is 0 Å². The molecule has 2 N–H and O–H groups in total. The van der Waals surface area contributed by atoms with Crippen LogP contribution in [0.3, 0.4) is 0 Å². The van der Waals surface area contributed by atoms with Gasteiger partial charge < -0.3 is 5.32 Å². The largest absolute Gasteiger partial charge is 0.416 e. The first-order valence-electron chi connectivity index (χ1n) is 11.2. The normalized spacial score (nSPS) is 15.6. The fourth-order valence-corrected chi connectivity index (χ4v) is 4.70. The molecule has 0 saturated carbocycles. The average molecular weight is 511 g/mol. The summed E-state index contributed by atoms with van der Waals surface area (Å²) in [7, 11) is 0. The summed E-state index contributed by atoms with van der Waals surface area (Å²) in [5.41, 5.74) is 1.38. The van der Waals surface area contributed by atoms with Crippen LogP contribution >= 0.6 is 11.3 Å². The standard InChI is InChI=1S/C25H21F3N6OS/c1-15-12-13-29-20-11-10-19(17-8-5-9-18(14-17)25(26,27)28)30-21(20)34(15)24(35)31-23-33-32-22(36-23)16-6-3-2-4-7-16/h2-11,14-15,29H,12-13H2,1H3,(H,31,33,35)/t15-/m1/s1. The van der Waals surface area contributed by atoms with Crippen molar-refractivity contribution in [3.63, 3.8) is 0 Å². The van der Waals surface area contributed by atoms with Crippen LogP contribution in [0.5, 0.6) is 0 Å². The second-order valence-electron chi connectivity index (χ2n) is 8.29. The Hall–Kier alpha value is -3.99. The Balaban J connectivity index is 1.46. The molecular weight excluding hydrogens is 489 g/mol. The van der Waals surface area contributed by atoms with Gasteiger partial charge in [0, 0.05) is 23.7 Å². The number of anilines is 3. The van der Waals surface area contributed by atoms with Crippen LogP contribution < -0.4 is 15.5 Å². The molecule has 0 saturated heterocycles. The van der Waals surface area contributed by atoms with Gasteiger partial charge in [0.2, 0.25) is 5.13 Å². The molecule has 4 aromatic rings. The molecule has 2 amide bonds. The van der Waals surface area contributed by atoms with Crippen LogP contribution in [0.4, 0.5) is 34.6 Å². The minimum absolute atomic E-state index is 0.232. The summed E-state index contributed by atoms with van der Waals surface area (Å²) in [5, 5.41) is 15.3. The molecular formula is C25H21F3N6OS. The number of urea groups is 1. The number of benzene rings is 2. The summed E-state index contributed by atoms with van der Waals surface area (Å²) in [6, 6.07) is 17.2. The van der Waals surface area contributed by atoms with Gasteiger partial charge in [0.05, 0.1) is 16.9 Å². The fourth-order valence-electron chi connectivity index (χ4n) is 3.96. The van der Waals surface area contributed by atoms with E-state index in [1.807, 2.05) is 37.3 Å². The lowest BCUT2D eigenvalue weighted by Crippen LogP contribution is -2.42. The number of nitrogens with zero attached hydrogens (tertiary/aromatic N) is 4. The van der Waals surface area contributed by atoms with Crippen molar-refractivity contribution in [2.45, 2.75) is 25.6 Å². The Morgan fingerprint density at radius 2 is 1.83 bits per heavy atom. The van der Waals surface area contributed by atoms with Crippen LogP contribution in [0.25, 0.3) is 21.8 Å². The van der Waals surface area contributed by atoms with Gasteiger partial charge in [0.1, 0.15) is 5.01 Å². The highest BCUT2D eigenvalue weighted by molar-refractivity contribution is 7.18. The van der Waals surface area contributed by atoms with Gasteiger partial charge in [-0.2, -0.15) is 13.2 Å². The lowest BCUT2D eigenvalue weighted by atomic mass is 10.1. The minimum atomic E-state index is -4.47. The number of aromatic nitrogens is 3. The number of halogens is 3. The lowest BCUT2D eigenvalue weighted by molar-refractivity contribution is -0.137. The Labute approximate surface area is 209 Å². The number of amides is 2.